The molecule has 0 aliphatic rings. The van der Waals surface area contributed by atoms with Crippen LogP contribution in [0.5, 0.6) is 0 Å². The molecular weight excluding hydrogens is 473 g/mol. The van der Waals surface area contributed by atoms with E-state index in [1.807, 2.05) is 30.3 Å². The highest BCUT2D eigenvalue weighted by Gasteiger charge is 2.18. The zero-order valence-electron chi connectivity index (χ0n) is 18.3. The van der Waals surface area contributed by atoms with Crippen LogP contribution < -0.4 is 0 Å². The summed E-state index contributed by atoms with van der Waals surface area (Å²) in [6.07, 6.45) is 3.98. The molecule has 0 amide bonds. The van der Waals surface area contributed by atoms with Gasteiger partial charge in [-0.05, 0) is 54.3 Å². The lowest BCUT2D eigenvalue weighted by molar-refractivity contribution is -0.137. The number of hydrogen-bond donors (Lipinski definition) is 1. The molecule has 0 bridgehead atoms. The van der Waals surface area contributed by atoms with E-state index in [0.717, 1.165) is 50.9 Å². The van der Waals surface area contributed by atoms with Crippen molar-refractivity contribution in [3.05, 3.63) is 97.8 Å². The van der Waals surface area contributed by atoms with Gasteiger partial charge in [0.05, 0.1) is 10.9 Å². The highest BCUT2D eigenvalue weighted by atomic mass is 35.5. The van der Waals surface area contributed by atoms with E-state index in [1.54, 1.807) is 13.0 Å². The second-order valence-corrected chi connectivity index (χ2v) is 9.71. The van der Waals surface area contributed by atoms with Crippen molar-refractivity contribution >= 4 is 68.6 Å². The average Bonchev–Trinajstić information content (AvgIpc) is 3.38. The molecule has 0 radical (unpaired) electrons. The monoisotopic (exact) mass is 495 g/mol. The van der Waals surface area contributed by atoms with Gasteiger partial charge < -0.3 is 9.72 Å². The van der Waals surface area contributed by atoms with Crippen molar-refractivity contribution in [1.82, 2.24) is 4.98 Å². The first-order valence-corrected chi connectivity index (χ1v) is 12.3. The van der Waals surface area contributed by atoms with E-state index in [9.17, 15) is 4.79 Å². The summed E-state index contributed by atoms with van der Waals surface area (Å²) in [4.78, 5) is 15.2. The number of esters is 1. The predicted octanol–water partition coefficient (Wildman–Crippen LogP) is 8.48. The number of rotatable bonds is 7. The fraction of sp³-hybridized carbons (Fsp3) is 0.148. The van der Waals surface area contributed by atoms with E-state index in [2.05, 4.69) is 42.2 Å². The number of para-hydroxylation sites is 1. The highest BCUT2D eigenvalue weighted by molar-refractivity contribution is 7.20. The van der Waals surface area contributed by atoms with Crippen molar-refractivity contribution in [2.75, 3.05) is 6.61 Å². The van der Waals surface area contributed by atoms with Crippen LogP contribution in [0.1, 0.15) is 42.7 Å². The van der Waals surface area contributed by atoms with Gasteiger partial charge >= 0.3 is 5.97 Å². The zero-order chi connectivity index (χ0) is 23.4. The quantitative estimate of drug-likeness (QED) is 0.206. The van der Waals surface area contributed by atoms with Gasteiger partial charge in [-0.3, -0.25) is 0 Å². The molecule has 0 aliphatic carbocycles. The van der Waals surface area contributed by atoms with Gasteiger partial charge in [-0.15, -0.1) is 11.3 Å². The Morgan fingerprint density at radius 2 is 1.82 bits per heavy atom. The first-order valence-electron chi connectivity index (χ1n) is 10.7. The molecule has 6 heteroatoms. The highest BCUT2D eigenvalue weighted by Crippen LogP contribution is 2.42. The third-order valence-corrected chi connectivity index (χ3v) is 6.82. The molecule has 33 heavy (non-hydrogen) atoms. The van der Waals surface area contributed by atoms with E-state index in [-0.39, 0.29) is 5.97 Å². The molecule has 3 nitrogen and oxygen atoms in total. The molecule has 0 saturated heterocycles. The Morgan fingerprint density at radius 1 is 1.06 bits per heavy atom. The topological polar surface area (TPSA) is 42.1 Å². The number of ether oxygens (including phenoxy) is 1. The number of hydrogen-bond acceptors (Lipinski definition) is 3. The number of benzene rings is 2. The van der Waals surface area contributed by atoms with Crippen molar-refractivity contribution in [1.29, 1.82) is 0 Å². The number of nitrogens with one attached hydrogen (secondary N) is 1. The Kier molecular flexibility index (Phi) is 7.39. The summed E-state index contributed by atoms with van der Waals surface area (Å²) >= 11 is 14.2. The van der Waals surface area contributed by atoms with Gasteiger partial charge in [0, 0.05) is 33.8 Å². The van der Waals surface area contributed by atoms with Crippen LogP contribution in [0.3, 0.4) is 0 Å². The van der Waals surface area contributed by atoms with Crippen LogP contribution in [0.2, 0.25) is 8.67 Å². The normalized spacial score (nSPS) is 12.4. The molecule has 2 heterocycles. The first-order chi connectivity index (χ1) is 16.0. The molecule has 1 N–H and O–H groups in total. The summed E-state index contributed by atoms with van der Waals surface area (Å²) in [5, 5.41) is 1.14. The minimum atomic E-state index is -0.350. The van der Waals surface area contributed by atoms with E-state index < -0.39 is 0 Å². The van der Waals surface area contributed by atoms with Crippen LogP contribution in [0, 0.1) is 0 Å². The number of thiophene rings is 1. The molecule has 0 atom stereocenters. The molecule has 2 aromatic carbocycles. The third kappa shape index (κ3) is 5.25. The Balaban J connectivity index is 1.84. The maximum absolute atomic E-state index is 11.6. The standard InChI is InChI=1S/C27H23Cl2NO2S/c1-3-20(21-16-24(28)33-27(21)29)26(23-15-19-7-5-6-8-22(19)30-23)18-12-9-17(10-13-18)11-14-25(31)32-4-2/h5-16,30H,3-4H2,1-2H3/b14-11+,26-20+. The van der Waals surface area contributed by atoms with Crippen molar-refractivity contribution < 1.29 is 9.53 Å². The lowest BCUT2D eigenvalue weighted by Crippen LogP contribution is -1.98. The van der Waals surface area contributed by atoms with Crippen molar-refractivity contribution in [2.45, 2.75) is 20.3 Å². The van der Waals surface area contributed by atoms with Crippen LogP contribution in [0.4, 0.5) is 0 Å². The Labute approximate surface area is 207 Å². The minimum Gasteiger partial charge on any atom is -0.463 e. The van der Waals surface area contributed by atoms with Crippen LogP contribution in [-0.2, 0) is 9.53 Å². The number of aromatic nitrogens is 1. The molecular formula is C27H23Cl2NO2S. The maximum atomic E-state index is 11.6. The summed E-state index contributed by atoms with van der Waals surface area (Å²) in [5.74, 6) is -0.350. The van der Waals surface area contributed by atoms with Crippen molar-refractivity contribution in [3.8, 4) is 0 Å². The van der Waals surface area contributed by atoms with E-state index in [4.69, 9.17) is 27.9 Å². The number of carbonyl (C=O) groups excluding carboxylic acids is 1. The largest absolute Gasteiger partial charge is 0.463 e. The predicted molar refractivity (Wildman–Crippen MR) is 141 cm³/mol. The van der Waals surface area contributed by atoms with Gasteiger partial charge in [-0.2, -0.15) is 0 Å². The molecule has 0 aliphatic heterocycles. The van der Waals surface area contributed by atoms with Gasteiger partial charge in [-0.25, -0.2) is 4.79 Å². The SMILES string of the molecule is CCOC(=O)/C=C/c1ccc(/C(=C(/CC)c2cc(Cl)sc2Cl)c2cc3ccccc3[nH]2)cc1. The summed E-state index contributed by atoms with van der Waals surface area (Å²) in [5.41, 5.74) is 7.19. The van der Waals surface area contributed by atoms with Crippen LogP contribution >= 0.6 is 34.5 Å². The molecule has 168 valence electrons. The summed E-state index contributed by atoms with van der Waals surface area (Å²) in [7, 11) is 0. The van der Waals surface area contributed by atoms with Gasteiger partial charge in [0.2, 0.25) is 0 Å². The van der Waals surface area contributed by atoms with Crippen LogP contribution in [0.15, 0.2) is 66.7 Å². The lowest BCUT2D eigenvalue weighted by Gasteiger charge is -2.14. The number of aromatic amines is 1. The molecule has 0 unspecified atom stereocenters. The van der Waals surface area contributed by atoms with Crippen LogP contribution in [0.25, 0.3) is 28.1 Å². The van der Waals surface area contributed by atoms with Gasteiger partial charge in [0.25, 0.3) is 0 Å². The van der Waals surface area contributed by atoms with E-state index >= 15 is 0 Å². The number of allylic oxidation sites excluding steroid dienone is 1. The van der Waals surface area contributed by atoms with Crippen molar-refractivity contribution in [2.24, 2.45) is 0 Å². The van der Waals surface area contributed by atoms with Crippen LogP contribution in [-0.4, -0.2) is 17.6 Å². The fourth-order valence-electron chi connectivity index (χ4n) is 3.86. The fourth-order valence-corrected chi connectivity index (χ4v) is 5.38. The second-order valence-electron chi connectivity index (χ2n) is 7.42. The minimum absolute atomic E-state index is 0.350. The molecule has 4 rings (SSSR count). The molecule has 2 aromatic heterocycles. The lowest BCUT2D eigenvalue weighted by atomic mass is 9.91. The number of fused-ring (bicyclic) bond motifs is 1. The number of halogens is 2. The van der Waals surface area contributed by atoms with Crippen molar-refractivity contribution in [3.63, 3.8) is 0 Å². The molecule has 0 spiro atoms. The van der Waals surface area contributed by atoms with E-state index in [1.165, 1.54) is 17.4 Å². The molecule has 4 aromatic rings. The van der Waals surface area contributed by atoms with E-state index in [0.29, 0.717) is 15.3 Å². The summed E-state index contributed by atoms with van der Waals surface area (Å²) in [6.45, 7) is 4.27. The summed E-state index contributed by atoms with van der Waals surface area (Å²) < 4.78 is 6.30. The first kappa shape index (κ1) is 23.4. The number of carbonyl (C=O) groups is 1. The Bertz CT molecular complexity index is 1310. The maximum Gasteiger partial charge on any atom is 0.330 e. The third-order valence-electron chi connectivity index (χ3n) is 5.33. The smallest absolute Gasteiger partial charge is 0.330 e. The second kappa shape index (κ2) is 10.4. The Hall–Kier alpha value is -2.79. The molecule has 0 fully saturated rings. The van der Waals surface area contributed by atoms with Gasteiger partial charge in [0.1, 0.15) is 4.34 Å². The van der Waals surface area contributed by atoms with Gasteiger partial charge in [0.15, 0.2) is 0 Å². The molecule has 0 saturated carbocycles. The Morgan fingerprint density at radius 3 is 2.45 bits per heavy atom. The summed E-state index contributed by atoms with van der Waals surface area (Å²) in [6, 6.07) is 20.4. The zero-order valence-corrected chi connectivity index (χ0v) is 20.7. The number of H-pyrrole nitrogens is 1. The average molecular weight is 496 g/mol. The van der Waals surface area contributed by atoms with Gasteiger partial charge in [-0.1, -0.05) is 72.6 Å².